The fourth-order valence-electron chi connectivity index (χ4n) is 1.59. The first kappa shape index (κ1) is 9.49. The summed E-state index contributed by atoms with van der Waals surface area (Å²) in [7, 11) is 0. The molecule has 76 valence electrons. The maximum absolute atomic E-state index is 8.64. The third kappa shape index (κ3) is 2.05. The lowest BCUT2D eigenvalue weighted by molar-refractivity contribution is 0.134. The molecule has 1 aliphatic heterocycles. The van der Waals surface area contributed by atoms with Crippen molar-refractivity contribution in [1.82, 2.24) is 0 Å². The first-order valence-corrected chi connectivity index (χ1v) is 4.94. The molecular weight excluding hydrogens is 178 g/mol. The van der Waals surface area contributed by atoms with Crippen molar-refractivity contribution in [2.45, 2.75) is 19.6 Å². The zero-order chi connectivity index (χ0) is 9.80. The highest BCUT2D eigenvalue weighted by Gasteiger charge is 2.10. The topological polar surface area (TPSA) is 41.5 Å². The van der Waals surface area contributed by atoms with Gasteiger partial charge in [-0.25, -0.2) is 0 Å². The smallest absolute Gasteiger partial charge is 0.0725 e. The molecule has 0 saturated heterocycles. The molecule has 3 nitrogen and oxygen atoms in total. The summed E-state index contributed by atoms with van der Waals surface area (Å²) in [6, 6.07) is 6.29. The predicted octanol–water partition coefficient (Wildman–Crippen LogP) is 1.51. The maximum atomic E-state index is 8.64. The molecule has 1 heterocycles. The lowest BCUT2D eigenvalue weighted by Crippen LogP contribution is -2.03. The number of anilines is 1. The van der Waals surface area contributed by atoms with Gasteiger partial charge in [0.15, 0.2) is 0 Å². The van der Waals surface area contributed by atoms with Crippen LogP contribution in [0.15, 0.2) is 18.2 Å². The largest absolute Gasteiger partial charge is 0.396 e. The van der Waals surface area contributed by atoms with E-state index in [0.29, 0.717) is 0 Å². The SMILES string of the molecule is OCCCNc1ccc2c(c1)COC2. The normalized spacial score (nSPS) is 14.1. The molecule has 2 N–H and O–H groups in total. The molecule has 0 atom stereocenters. The molecule has 0 aliphatic carbocycles. The molecule has 0 fully saturated rings. The number of aliphatic hydroxyl groups is 1. The van der Waals surface area contributed by atoms with E-state index in [4.69, 9.17) is 9.84 Å². The Morgan fingerprint density at radius 1 is 1.29 bits per heavy atom. The fraction of sp³-hybridized carbons (Fsp3) is 0.455. The average Bonchev–Trinajstić information content (AvgIpc) is 2.65. The van der Waals surface area contributed by atoms with Crippen LogP contribution in [0.4, 0.5) is 5.69 Å². The molecule has 1 aromatic rings. The summed E-state index contributed by atoms with van der Waals surface area (Å²) in [5.41, 5.74) is 3.68. The van der Waals surface area contributed by atoms with Gasteiger partial charge in [-0.3, -0.25) is 0 Å². The van der Waals surface area contributed by atoms with Crippen LogP contribution in [0.3, 0.4) is 0 Å². The molecule has 0 aromatic heterocycles. The van der Waals surface area contributed by atoms with Crippen molar-refractivity contribution in [2.75, 3.05) is 18.5 Å². The van der Waals surface area contributed by atoms with Crippen molar-refractivity contribution in [2.24, 2.45) is 0 Å². The van der Waals surface area contributed by atoms with Gasteiger partial charge in [0.05, 0.1) is 13.2 Å². The monoisotopic (exact) mass is 193 g/mol. The van der Waals surface area contributed by atoms with E-state index < -0.39 is 0 Å². The molecule has 0 bridgehead atoms. The molecule has 2 rings (SSSR count). The Hall–Kier alpha value is -1.06. The van der Waals surface area contributed by atoms with Crippen molar-refractivity contribution in [1.29, 1.82) is 0 Å². The van der Waals surface area contributed by atoms with Crippen LogP contribution < -0.4 is 5.32 Å². The summed E-state index contributed by atoms with van der Waals surface area (Å²) >= 11 is 0. The van der Waals surface area contributed by atoms with Gasteiger partial charge in [0, 0.05) is 18.8 Å². The number of ether oxygens (including phenoxy) is 1. The lowest BCUT2D eigenvalue weighted by Gasteiger charge is -2.06. The summed E-state index contributed by atoms with van der Waals surface area (Å²) in [6.07, 6.45) is 0.785. The third-order valence-electron chi connectivity index (χ3n) is 2.39. The Balaban J connectivity index is 1.98. The van der Waals surface area contributed by atoms with Crippen LogP contribution in [0.5, 0.6) is 0 Å². The summed E-state index contributed by atoms with van der Waals surface area (Å²) in [6.45, 7) is 2.52. The number of aliphatic hydroxyl groups excluding tert-OH is 1. The van der Waals surface area contributed by atoms with Crippen molar-refractivity contribution >= 4 is 5.69 Å². The van der Waals surface area contributed by atoms with Crippen LogP contribution >= 0.6 is 0 Å². The Kier molecular flexibility index (Phi) is 3.01. The molecule has 0 unspecified atom stereocenters. The number of rotatable bonds is 4. The van der Waals surface area contributed by atoms with Gasteiger partial charge in [-0.15, -0.1) is 0 Å². The Morgan fingerprint density at radius 3 is 3.00 bits per heavy atom. The molecular formula is C11H15NO2. The zero-order valence-electron chi connectivity index (χ0n) is 8.12. The summed E-state index contributed by atoms with van der Waals surface area (Å²) < 4.78 is 5.33. The highest BCUT2D eigenvalue weighted by molar-refractivity contribution is 5.49. The van der Waals surface area contributed by atoms with E-state index in [0.717, 1.165) is 31.9 Å². The van der Waals surface area contributed by atoms with Gasteiger partial charge in [0.2, 0.25) is 0 Å². The van der Waals surface area contributed by atoms with Crippen molar-refractivity contribution < 1.29 is 9.84 Å². The molecule has 14 heavy (non-hydrogen) atoms. The van der Waals surface area contributed by atoms with E-state index >= 15 is 0 Å². The zero-order valence-corrected chi connectivity index (χ0v) is 8.12. The minimum absolute atomic E-state index is 0.237. The lowest BCUT2D eigenvalue weighted by atomic mass is 10.1. The summed E-state index contributed by atoms with van der Waals surface area (Å²) in [4.78, 5) is 0. The minimum Gasteiger partial charge on any atom is -0.396 e. The summed E-state index contributed by atoms with van der Waals surface area (Å²) in [5, 5.41) is 11.9. The number of fused-ring (bicyclic) bond motifs is 1. The fourth-order valence-corrected chi connectivity index (χ4v) is 1.59. The van der Waals surface area contributed by atoms with Gasteiger partial charge in [-0.1, -0.05) is 6.07 Å². The van der Waals surface area contributed by atoms with Gasteiger partial charge in [0.1, 0.15) is 0 Å². The van der Waals surface area contributed by atoms with E-state index in [9.17, 15) is 0 Å². The van der Waals surface area contributed by atoms with E-state index in [-0.39, 0.29) is 6.61 Å². The van der Waals surface area contributed by atoms with Crippen LogP contribution in [0.25, 0.3) is 0 Å². The highest BCUT2D eigenvalue weighted by atomic mass is 16.5. The molecule has 1 aromatic carbocycles. The third-order valence-corrected chi connectivity index (χ3v) is 2.39. The second kappa shape index (κ2) is 4.44. The van der Waals surface area contributed by atoms with E-state index in [1.54, 1.807) is 0 Å². The number of hydrogen-bond acceptors (Lipinski definition) is 3. The van der Waals surface area contributed by atoms with E-state index in [1.807, 2.05) is 0 Å². The van der Waals surface area contributed by atoms with Crippen LogP contribution in [0.1, 0.15) is 17.5 Å². The van der Waals surface area contributed by atoms with Crippen LogP contribution in [0, 0.1) is 0 Å². The Morgan fingerprint density at radius 2 is 2.14 bits per heavy atom. The molecule has 0 amide bonds. The molecule has 0 spiro atoms. The van der Waals surface area contributed by atoms with Gasteiger partial charge >= 0.3 is 0 Å². The number of benzene rings is 1. The van der Waals surface area contributed by atoms with E-state index in [1.165, 1.54) is 11.1 Å². The van der Waals surface area contributed by atoms with Crippen LogP contribution in [-0.4, -0.2) is 18.3 Å². The minimum atomic E-state index is 0.237. The molecule has 1 aliphatic rings. The first-order chi connectivity index (χ1) is 6.90. The summed E-state index contributed by atoms with van der Waals surface area (Å²) in [5.74, 6) is 0. The maximum Gasteiger partial charge on any atom is 0.0725 e. The average molecular weight is 193 g/mol. The Bertz CT molecular complexity index is 312. The van der Waals surface area contributed by atoms with Crippen LogP contribution in [0.2, 0.25) is 0 Å². The van der Waals surface area contributed by atoms with Gasteiger partial charge in [0.25, 0.3) is 0 Å². The Labute approximate surface area is 83.7 Å². The first-order valence-electron chi connectivity index (χ1n) is 4.94. The van der Waals surface area contributed by atoms with Crippen molar-refractivity contribution in [3.63, 3.8) is 0 Å². The van der Waals surface area contributed by atoms with Gasteiger partial charge in [-0.2, -0.15) is 0 Å². The molecule has 0 saturated carbocycles. The quantitative estimate of drug-likeness (QED) is 0.712. The van der Waals surface area contributed by atoms with Crippen LogP contribution in [-0.2, 0) is 18.0 Å². The number of nitrogens with one attached hydrogen (secondary N) is 1. The van der Waals surface area contributed by atoms with Crippen molar-refractivity contribution in [3.05, 3.63) is 29.3 Å². The van der Waals surface area contributed by atoms with Gasteiger partial charge in [-0.05, 0) is 29.7 Å². The molecule has 0 radical (unpaired) electrons. The predicted molar refractivity (Wildman–Crippen MR) is 55.1 cm³/mol. The number of hydrogen-bond donors (Lipinski definition) is 2. The molecule has 3 heteroatoms. The van der Waals surface area contributed by atoms with Gasteiger partial charge < -0.3 is 15.2 Å². The van der Waals surface area contributed by atoms with E-state index in [2.05, 4.69) is 23.5 Å². The van der Waals surface area contributed by atoms with Crippen molar-refractivity contribution in [3.8, 4) is 0 Å². The highest BCUT2D eigenvalue weighted by Crippen LogP contribution is 2.22. The second-order valence-corrected chi connectivity index (χ2v) is 3.48. The second-order valence-electron chi connectivity index (χ2n) is 3.48. The standard InChI is InChI=1S/C11H15NO2/c13-5-1-4-12-11-3-2-9-7-14-8-10(9)6-11/h2-3,6,12-13H,1,4-5,7-8H2.